The van der Waals surface area contributed by atoms with E-state index in [1.807, 2.05) is 60.7 Å². The average Bonchev–Trinajstić information content (AvgIpc) is 2.63. The van der Waals surface area contributed by atoms with Crippen LogP contribution < -0.4 is 0 Å². The molecule has 0 atom stereocenters. The Labute approximate surface area is 167 Å². The van der Waals surface area contributed by atoms with Gasteiger partial charge in [-0.15, -0.1) is 0 Å². The Kier molecular flexibility index (Phi) is 9.27. The SMILES string of the molecule is O/C(=C1/CCCCC1=Nc1ccccc1)c1ccccc1.[Cl][Zr]([Cl])[Cl]. The van der Waals surface area contributed by atoms with Crippen LogP contribution in [0.2, 0.25) is 0 Å². The molecule has 3 rings (SSSR count). The summed E-state index contributed by atoms with van der Waals surface area (Å²) in [6, 6.07) is 19.7. The Morgan fingerprint density at radius 3 is 1.96 bits per heavy atom. The van der Waals surface area contributed by atoms with Crippen LogP contribution in [0.1, 0.15) is 31.2 Å². The van der Waals surface area contributed by atoms with E-state index >= 15 is 0 Å². The Hall–Kier alpha value is -0.597. The fraction of sp³-hybridized carbons (Fsp3) is 0.211. The van der Waals surface area contributed by atoms with Crippen molar-refractivity contribution in [3.63, 3.8) is 0 Å². The van der Waals surface area contributed by atoms with E-state index in [2.05, 4.69) is 0 Å². The van der Waals surface area contributed by atoms with Gasteiger partial charge in [-0.25, -0.2) is 0 Å². The molecule has 2 aromatic carbocycles. The molecule has 1 N–H and O–H groups in total. The average molecular weight is 475 g/mol. The third kappa shape index (κ3) is 7.27. The molecule has 2 aromatic rings. The zero-order valence-corrected chi connectivity index (χ0v) is 18.4. The maximum atomic E-state index is 10.6. The summed E-state index contributed by atoms with van der Waals surface area (Å²) in [4.78, 5) is 4.74. The Morgan fingerprint density at radius 2 is 1.36 bits per heavy atom. The van der Waals surface area contributed by atoms with E-state index in [4.69, 9.17) is 30.5 Å². The number of hydrogen-bond donors (Lipinski definition) is 1. The number of halogens is 3. The molecule has 0 amide bonds. The van der Waals surface area contributed by atoms with Crippen molar-refractivity contribution in [3.05, 3.63) is 71.8 Å². The molecule has 1 saturated carbocycles. The van der Waals surface area contributed by atoms with Gasteiger partial charge in [0.25, 0.3) is 0 Å². The number of hydrogen-bond acceptors (Lipinski definition) is 2. The summed E-state index contributed by atoms with van der Waals surface area (Å²) >= 11 is -2.13. The standard InChI is InChI=1S/C19H19NO.3ClH.Zr/c21-19(15-9-3-1-4-10-15)17-13-7-8-14-18(17)20-16-11-5-2-6-12-16;;;;/h1-6,9-12,21H,7-8,13-14H2;3*1H;/q;;;;+3/p-3/b19-17-,20-18?;;;;. The molecule has 1 aliphatic carbocycles. The minimum atomic E-state index is -2.13. The number of nitrogens with zero attached hydrogens (tertiary/aromatic N) is 1. The Balaban J connectivity index is 0.000000511. The van der Waals surface area contributed by atoms with Gasteiger partial charge in [0.2, 0.25) is 0 Å². The number of aliphatic hydroxyl groups is 1. The summed E-state index contributed by atoms with van der Waals surface area (Å²) in [5.74, 6) is 0.380. The topological polar surface area (TPSA) is 32.6 Å². The molecule has 131 valence electrons. The van der Waals surface area contributed by atoms with E-state index in [0.29, 0.717) is 5.76 Å². The quantitative estimate of drug-likeness (QED) is 0.453. The number of aliphatic hydroxyl groups excluding tert-OH is 1. The Morgan fingerprint density at radius 1 is 0.840 bits per heavy atom. The van der Waals surface area contributed by atoms with Gasteiger partial charge in [0.1, 0.15) is 5.76 Å². The monoisotopic (exact) mass is 472 g/mol. The summed E-state index contributed by atoms with van der Waals surface area (Å²) in [5.41, 5.74) is 3.84. The van der Waals surface area contributed by atoms with E-state index in [1.165, 1.54) is 0 Å². The maximum absolute atomic E-state index is 10.6. The normalized spacial score (nSPS) is 17.5. The van der Waals surface area contributed by atoms with Crippen LogP contribution in [0.3, 0.4) is 0 Å². The number of para-hydroxylation sites is 1. The molecule has 0 bridgehead atoms. The minimum absolute atomic E-state index is 0.380. The van der Waals surface area contributed by atoms with Crippen LogP contribution >= 0.6 is 25.5 Å². The first-order valence-corrected chi connectivity index (χ1v) is 17.5. The molecule has 2 nitrogen and oxygen atoms in total. The predicted octanol–water partition coefficient (Wildman–Crippen LogP) is 7.37. The molecule has 0 radical (unpaired) electrons. The summed E-state index contributed by atoms with van der Waals surface area (Å²) in [6.45, 7) is 0. The van der Waals surface area contributed by atoms with Crippen LogP contribution in [0.4, 0.5) is 5.69 Å². The first-order valence-electron chi connectivity index (χ1n) is 8.02. The zero-order chi connectivity index (χ0) is 18.1. The van der Waals surface area contributed by atoms with E-state index in [9.17, 15) is 5.11 Å². The van der Waals surface area contributed by atoms with Gasteiger partial charge in [0.15, 0.2) is 0 Å². The van der Waals surface area contributed by atoms with Crippen LogP contribution in [-0.2, 0) is 18.2 Å². The number of allylic oxidation sites excluding steroid dienone is 1. The van der Waals surface area contributed by atoms with Gasteiger partial charge in [-0.05, 0) is 37.8 Å². The third-order valence-corrected chi connectivity index (χ3v) is 3.79. The van der Waals surface area contributed by atoms with E-state index in [0.717, 1.165) is 48.2 Å². The molecular formula is C19H19Cl3NOZr. The van der Waals surface area contributed by atoms with Crippen LogP contribution in [0, 0.1) is 0 Å². The first kappa shape index (κ1) is 20.7. The predicted molar refractivity (Wildman–Crippen MR) is 106 cm³/mol. The van der Waals surface area contributed by atoms with E-state index in [-0.39, 0.29) is 0 Å². The van der Waals surface area contributed by atoms with Crippen molar-refractivity contribution in [2.45, 2.75) is 25.7 Å². The molecule has 0 spiro atoms. The fourth-order valence-corrected chi connectivity index (χ4v) is 2.70. The molecule has 0 unspecified atom stereocenters. The summed E-state index contributed by atoms with van der Waals surface area (Å²) in [6.07, 6.45) is 4.07. The van der Waals surface area contributed by atoms with Gasteiger partial charge in [-0.3, -0.25) is 4.99 Å². The zero-order valence-electron chi connectivity index (χ0n) is 13.6. The van der Waals surface area contributed by atoms with Crippen molar-refractivity contribution in [1.82, 2.24) is 0 Å². The third-order valence-electron chi connectivity index (χ3n) is 3.79. The molecule has 1 aliphatic rings. The molecule has 0 aromatic heterocycles. The van der Waals surface area contributed by atoms with Crippen molar-refractivity contribution >= 4 is 42.7 Å². The van der Waals surface area contributed by atoms with Gasteiger partial charge in [0.05, 0.1) is 5.69 Å². The second-order valence-electron chi connectivity index (χ2n) is 5.51. The van der Waals surface area contributed by atoms with Gasteiger partial charge in [-0.1, -0.05) is 48.5 Å². The molecule has 0 heterocycles. The molecule has 0 saturated heterocycles. The number of benzene rings is 2. The second kappa shape index (κ2) is 11.2. The molecule has 1 fully saturated rings. The summed E-state index contributed by atoms with van der Waals surface area (Å²) < 4.78 is 0. The molecular weight excluding hydrogens is 456 g/mol. The first-order chi connectivity index (χ1) is 12.1. The van der Waals surface area contributed by atoms with Crippen LogP contribution in [0.25, 0.3) is 5.76 Å². The number of rotatable bonds is 2. The van der Waals surface area contributed by atoms with E-state index in [1.54, 1.807) is 0 Å². The van der Waals surface area contributed by atoms with Gasteiger partial charge in [0, 0.05) is 16.8 Å². The van der Waals surface area contributed by atoms with Gasteiger partial charge in [-0.2, -0.15) is 0 Å². The summed E-state index contributed by atoms with van der Waals surface area (Å²) in [7, 11) is 15.0. The van der Waals surface area contributed by atoms with Crippen LogP contribution in [0.5, 0.6) is 0 Å². The van der Waals surface area contributed by atoms with Crippen LogP contribution in [0.15, 0.2) is 71.2 Å². The number of aliphatic imine (C=N–C) groups is 1. The van der Waals surface area contributed by atoms with Crippen molar-refractivity contribution in [3.8, 4) is 0 Å². The van der Waals surface area contributed by atoms with E-state index < -0.39 is 18.2 Å². The van der Waals surface area contributed by atoms with Crippen LogP contribution in [-0.4, -0.2) is 10.8 Å². The van der Waals surface area contributed by atoms with Crippen molar-refractivity contribution in [2.75, 3.05) is 0 Å². The van der Waals surface area contributed by atoms with Gasteiger partial charge >= 0.3 is 43.7 Å². The van der Waals surface area contributed by atoms with Crippen molar-refractivity contribution in [1.29, 1.82) is 0 Å². The Bertz CT molecular complexity index is 715. The molecule has 6 heteroatoms. The fourth-order valence-electron chi connectivity index (χ4n) is 2.70. The second-order valence-corrected chi connectivity index (χ2v) is 16.7. The van der Waals surface area contributed by atoms with Crippen molar-refractivity contribution in [2.24, 2.45) is 4.99 Å². The van der Waals surface area contributed by atoms with Crippen molar-refractivity contribution < 1.29 is 23.3 Å². The molecule has 0 aliphatic heterocycles. The van der Waals surface area contributed by atoms with Gasteiger partial charge < -0.3 is 5.11 Å². The summed E-state index contributed by atoms with van der Waals surface area (Å²) in [5, 5.41) is 10.6. The molecule has 25 heavy (non-hydrogen) atoms.